The van der Waals surface area contributed by atoms with Crippen molar-refractivity contribution in [2.45, 2.75) is 6.54 Å². The Kier molecular flexibility index (Phi) is 3.03. The summed E-state index contributed by atoms with van der Waals surface area (Å²) in [4.78, 5) is 7.00. The van der Waals surface area contributed by atoms with Gasteiger partial charge in [-0.15, -0.1) is 0 Å². The highest BCUT2D eigenvalue weighted by molar-refractivity contribution is 14.1. The number of imidazole rings is 1. The van der Waals surface area contributed by atoms with E-state index >= 15 is 0 Å². The Bertz CT molecular complexity index is 380. The molecule has 3 nitrogen and oxygen atoms in total. The van der Waals surface area contributed by atoms with Gasteiger partial charge < -0.3 is 10.3 Å². The molecule has 0 unspecified atom stereocenters. The number of hydrogen-bond donors (Lipinski definition) is 2. The first-order chi connectivity index (χ1) is 6.84. The zero-order chi connectivity index (χ0) is 9.80. The fourth-order valence-electron chi connectivity index (χ4n) is 1.15. The van der Waals surface area contributed by atoms with Crippen LogP contribution in [0.15, 0.2) is 36.8 Å². The van der Waals surface area contributed by atoms with Crippen molar-refractivity contribution >= 4 is 28.3 Å². The third-order valence-corrected chi connectivity index (χ3v) is 2.60. The molecule has 0 saturated carbocycles. The Labute approximate surface area is 96.1 Å². The van der Waals surface area contributed by atoms with E-state index in [9.17, 15) is 0 Å². The highest BCUT2D eigenvalue weighted by Gasteiger charge is 1.94. The molecule has 0 bridgehead atoms. The van der Waals surface area contributed by atoms with Crippen molar-refractivity contribution in [3.8, 4) is 0 Å². The van der Waals surface area contributed by atoms with Gasteiger partial charge in [0.2, 0.25) is 0 Å². The summed E-state index contributed by atoms with van der Waals surface area (Å²) in [5.41, 5.74) is 2.21. The molecule has 72 valence electrons. The Hall–Kier alpha value is -1.04. The summed E-state index contributed by atoms with van der Waals surface area (Å²) in [6.45, 7) is 0.778. The fraction of sp³-hybridized carbons (Fsp3) is 0.100. The van der Waals surface area contributed by atoms with Crippen molar-refractivity contribution < 1.29 is 0 Å². The van der Waals surface area contributed by atoms with Crippen molar-refractivity contribution in [2.75, 3.05) is 5.32 Å². The molecule has 0 radical (unpaired) electrons. The highest BCUT2D eigenvalue weighted by atomic mass is 127. The maximum absolute atomic E-state index is 3.95. The van der Waals surface area contributed by atoms with Crippen molar-refractivity contribution in [1.82, 2.24) is 9.97 Å². The maximum Gasteiger partial charge on any atom is 0.0922 e. The SMILES string of the molecule is Ic1ccc(NCc2cnc[nH]2)cc1. The number of nitrogens with one attached hydrogen (secondary N) is 2. The normalized spacial score (nSPS) is 10.1. The van der Waals surface area contributed by atoms with Crippen LogP contribution in [0.5, 0.6) is 0 Å². The molecule has 0 amide bonds. The lowest BCUT2D eigenvalue weighted by atomic mass is 10.3. The Morgan fingerprint density at radius 2 is 2.07 bits per heavy atom. The zero-order valence-corrected chi connectivity index (χ0v) is 9.65. The minimum Gasteiger partial charge on any atom is -0.379 e. The van der Waals surface area contributed by atoms with Gasteiger partial charge in [-0.1, -0.05) is 0 Å². The number of aromatic nitrogens is 2. The molecule has 1 aromatic carbocycles. The molecule has 0 aliphatic heterocycles. The summed E-state index contributed by atoms with van der Waals surface area (Å²) >= 11 is 2.29. The van der Waals surface area contributed by atoms with Crippen LogP contribution < -0.4 is 5.32 Å². The van der Waals surface area contributed by atoms with E-state index in [0.29, 0.717) is 0 Å². The van der Waals surface area contributed by atoms with Gasteiger partial charge in [-0.2, -0.15) is 0 Å². The van der Waals surface area contributed by atoms with Crippen LogP contribution in [-0.2, 0) is 6.54 Å². The average Bonchev–Trinajstić information content (AvgIpc) is 2.70. The van der Waals surface area contributed by atoms with Gasteiger partial charge in [0.15, 0.2) is 0 Å². The van der Waals surface area contributed by atoms with Crippen LogP contribution in [0.3, 0.4) is 0 Å². The van der Waals surface area contributed by atoms with E-state index < -0.39 is 0 Å². The van der Waals surface area contributed by atoms with Crippen molar-refractivity contribution in [3.05, 3.63) is 46.1 Å². The number of hydrogen-bond acceptors (Lipinski definition) is 2. The molecule has 2 N–H and O–H groups in total. The van der Waals surface area contributed by atoms with Crippen molar-refractivity contribution in [3.63, 3.8) is 0 Å². The minimum absolute atomic E-state index is 0.778. The van der Waals surface area contributed by atoms with Crippen molar-refractivity contribution in [2.24, 2.45) is 0 Å². The fourth-order valence-corrected chi connectivity index (χ4v) is 1.51. The summed E-state index contributed by atoms with van der Waals surface area (Å²) in [6, 6.07) is 8.29. The molecule has 2 rings (SSSR count). The van der Waals surface area contributed by atoms with Gasteiger partial charge >= 0.3 is 0 Å². The number of rotatable bonds is 3. The molecule has 0 aliphatic carbocycles. The number of benzene rings is 1. The second-order valence-electron chi connectivity index (χ2n) is 2.94. The molecular weight excluding hydrogens is 289 g/mol. The summed E-state index contributed by atoms with van der Waals surface area (Å²) in [7, 11) is 0. The van der Waals surface area contributed by atoms with Crippen LogP contribution in [0.4, 0.5) is 5.69 Å². The van der Waals surface area contributed by atoms with Gasteiger partial charge in [0.1, 0.15) is 0 Å². The first-order valence-corrected chi connectivity index (χ1v) is 5.39. The lowest BCUT2D eigenvalue weighted by molar-refractivity contribution is 1.07. The quantitative estimate of drug-likeness (QED) is 0.855. The van der Waals surface area contributed by atoms with Gasteiger partial charge in [0.25, 0.3) is 0 Å². The van der Waals surface area contributed by atoms with E-state index in [2.05, 4.69) is 62.1 Å². The van der Waals surface area contributed by atoms with E-state index in [1.54, 1.807) is 6.33 Å². The van der Waals surface area contributed by atoms with Crippen LogP contribution in [0.1, 0.15) is 5.69 Å². The van der Waals surface area contributed by atoms with E-state index in [1.165, 1.54) is 3.57 Å². The lowest BCUT2D eigenvalue weighted by Crippen LogP contribution is -1.99. The van der Waals surface area contributed by atoms with E-state index in [-0.39, 0.29) is 0 Å². The van der Waals surface area contributed by atoms with Crippen LogP contribution in [-0.4, -0.2) is 9.97 Å². The number of anilines is 1. The maximum atomic E-state index is 3.95. The molecule has 2 aromatic rings. The number of nitrogens with zero attached hydrogens (tertiary/aromatic N) is 1. The number of aromatic amines is 1. The third kappa shape index (κ3) is 2.47. The third-order valence-electron chi connectivity index (χ3n) is 1.88. The lowest BCUT2D eigenvalue weighted by Gasteiger charge is -2.04. The molecule has 4 heteroatoms. The van der Waals surface area contributed by atoms with Gasteiger partial charge in [-0.25, -0.2) is 4.98 Å². The topological polar surface area (TPSA) is 40.7 Å². The summed E-state index contributed by atoms with van der Waals surface area (Å²) in [6.07, 6.45) is 3.50. The molecule has 14 heavy (non-hydrogen) atoms. The molecule has 0 spiro atoms. The Morgan fingerprint density at radius 1 is 1.29 bits per heavy atom. The predicted molar refractivity (Wildman–Crippen MR) is 65.1 cm³/mol. The number of H-pyrrole nitrogens is 1. The molecule has 0 atom stereocenters. The van der Waals surface area contributed by atoms with Gasteiger partial charge in [-0.3, -0.25) is 0 Å². The molecule has 0 fully saturated rings. The smallest absolute Gasteiger partial charge is 0.0922 e. The monoisotopic (exact) mass is 299 g/mol. The number of halogens is 1. The first kappa shape index (κ1) is 9.51. The van der Waals surface area contributed by atoms with Gasteiger partial charge in [-0.05, 0) is 46.9 Å². The molecule has 0 aliphatic rings. The highest BCUT2D eigenvalue weighted by Crippen LogP contribution is 2.11. The van der Waals surface area contributed by atoms with Gasteiger partial charge in [0, 0.05) is 15.5 Å². The second-order valence-corrected chi connectivity index (χ2v) is 4.18. The Balaban J connectivity index is 1.95. The summed E-state index contributed by atoms with van der Waals surface area (Å²) in [5, 5.41) is 3.30. The Morgan fingerprint density at radius 3 is 2.71 bits per heavy atom. The minimum atomic E-state index is 0.778. The molecular formula is C10H10IN3. The van der Waals surface area contributed by atoms with Crippen LogP contribution >= 0.6 is 22.6 Å². The molecule has 1 heterocycles. The predicted octanol–water partition coefficient (Wildman–Crippen LogP) is 2.63. The van der Waals surface area contributed by atoms with E-state index in [0.717, 1.165) is 17.9 Å². The summed E-state index contributed by atoms with van der Waals surface area (Å²) in [5.74, 6) is 0. The van der Waals surface area contributed by atoms with E-state index in [1.807, 2.05) is 6.20 Å². The average molecular weight is 299 g/mol. The van der Waals surface area contributed by atoms with Crippen LogP contribution in [0.2, 0.25) is 0 Å². The van der Waals surface area contributed by atoms with Crippen molar-refractivity contribution in [1.29, 1.82) is 0 Å². The largest absolute Gasteiger partial charge is 0.379 e. The summed E-state index contributed by atoms with van der Waals surface area (Å²) < 4.78 is 1.25. The first-order valence-electron chi connectivity index (χ1n) is 4.31. The molecule has 1 aromatic heterocycles. The van der Waals surface area contributed by atoms with Crippen LogP contribution in [0, 0.1) is 3.57 Å². The van der Waals surface area contributed by atoms with E-state index in [4.69, 9.17) is 0 Å². The van der Waals surface area contributed by atoms with Gasteiger partial charge in [0.05, 0.1) is 18.6 Å². The standard InChI is InChI=1S/C10H10IN3/c11-8-1-3-9(4-2-8)13-6-10-5-12-7-14-10/h1-5,7,13H,6H2,(H,12,14). The zero-order valence-electron chi connectivity index (χ0n) is 7.50. The van der Waals surface area contributed by atoms with Crippen LogP contribution in [0.25, 0.3) is 0 Å². The second kappa shape index (κ2) is 4.45. The molecule has 0 saturated heterocycles.